The zero-order chi connectivity index (χ0) is 20.2. The van der Waals surface area contributed by atoms with E-state index in [2.05, 4.69) is 10.4 Å². The predicted molar refractivity (Wildman–Crippen MR) is 92.5 cm³/mol. The van der Waals surface area contributed by atoms with E-state index >= 15 is 0 Å². The van der Waals surface area contributed by atoms with Gasteiger partial charge in [0.05, 0.1) is 22.4 Å². The van der Waals surface area contributed by atoms with Gasteiger partial charge in [0.25, 0.3) is 0 Å². The van der Waals surface area contributed by atoms with Crippen LogP contribution in [0.2, 0.25) is 0 Å². The van der Waals surface area contributed by atoms with Crippen LogP contribution in [0.1, 0.15) is 38.7 Å². The van der Waals surface area contributed by atoms with E-state index in [1.54, 1.807) is 19.9 Å². The number of carbonyl (C=O) groups excluding carboxylic acids is 1. The van der Waals surface area contributed by atoms with Crippen LogP contribution < -0.4 is 5.32 Å². The minimum atomic E-state index is -4.58. The lowest BCUT2D eigenvalue weighted by molar-refractivity contribution is -0.151. The molecule has 0 unspecified atom stereocenters. The average molecular weight is 383 g/mol. The van der Waals surface area contributed by atoms with Crippen LogP contribution in [0.5, 0.6) is 0 Å². The molecule has 1 aromatic heterocycles. The number of benzene rings is 1. The van der Waals surface area contributed by atoms with Crippen molar-refractivity contribution in [3.8, 4) is 5.69 Å². The first-order chi connectivity index (χ1) is 12.6. The molecule has 0 saturated carbocycles. The second-order valence-corrected chi connectivity index (χ2v) is 6.20. The fraction of sp³-hybridized carbons (Fsp3) is 0.389. The van der Waals surface area contributed by atoms with Gasteiger partial charge < -0.3 is 10.4 Å². The van der Waals surface area contributed by atoms with Crippen LogP contribution >= 0.6 is 0 Å². The maximum Gasteiger partial charge on any atom is 0.416 e. The van der Waals surface area contributed by atoms with Crippen molar-refractivity contribution in [3.63, 3.8) is 0 Å². The number of nitrogens with one attached hydrogen (secondary N) is 1. The summed E-state index contributed by atoms with van der Waals surface area (Å²) in [7, 11) is 0. The van der Waals surface area contributed by atoms with Crippen LogP contribution in [-0.4, -0.2) is 26.8 Å². The molecule has 6 nitrogen and oxygen atoms in total. The van der Waals surface area contributed by atoms with Crippen LogP contribution in [-0.2, 0) is 15.8 Å². The summed E-state index contributed by atoms with van der Waals surface area (Å²) >= 11 is 0. The highest BCUT2D eigenvalue weighted by Gasteiger charge is 2.37. The largest absolute Gasteiger partial charge is 0.481 e. The lowest BCUT2D eigenvalue weighted by Crippen LogP contribution is -2.34. The first-order valence-corrected chi connectivity index (χ1v) is 8.37. The van der Waals surface area contributed by atoms with E-state index in [1.807, 2.05) is 0 Å². The summed E-state index contributed by atoms with van der Waals surface area (Å²) in [6.45, 7) is 3.31. The van der Waals surface area contributed by atoms with Gasteiger partial charge in [0, 0.05) is 18.8 Å². The minimum absolute atomic E-state index is 0.0926. The average Bonchev–Trinajstić information content (AvgIpc) is 3.13. The van der Waals surface area contributed by atoms with Crippen molar-refractivity contribution in [1.29, 1.82) is 0 Å². The van der Waals surface area contributed by atoms with E-state index in [9.17, 15) is 27.9 Å². The smallest absolute Gasteiger partial charge is 0.416 e. The van der Waals surface area contributed by atoms with Gasteiger partial charge in [-0.3, -0.25) is 9.59 Å². The van der Waals surface area contributed by atoms with Crippen molar-refractivity contribution < 1.29 is 27.9 Å². The number of aliphatic carboxylic acids is 1. The maximum absolute atomic E-state index is 13.1. The van der Waals surface area contributed by atoms with Crippen molar-refractivity contribution in [2.45, 2.75) is 39.3 Å². The Bertz CT molecular complexity index is 813. The molecule has 0 aliphatic rings. The molecule has 0 fully saturated rings. The molecule has 0 aliphatic carbocycles. The molecule has 2 rings (SSSR count). The molecule has 0 aliphatic heterocycles. The summed E-state index contributed by atoms with van der Waals surface area (Å²) in [6.07, 6.45) is -1.50. The number of carboxylic acid groups (broad SMARTS) is 1. The van der Waals surface area contributed by atoms with Crippen LogP contribution in [0, 0.1) is 5.41 Å². The summed E-state index contributed by atoms with van der Waals surface area (Å²) in [5.41, 5.74) is -2.04. The zero-order valence-electron chi connectivity index (χ0n) is 14.9. The molecule has 9 heteroatoms. The van der Waals surface area contributed by atoms with Crippen LogP contribution in [0.15, 0.2) is 36.7 Å². The summed E-state index contributed by atoms with van der Waals surface area (Å²) in [5, 5.41) is 15.8. The quantitative estimate of drug-likeness (QED) is 0.754. The molecule has 0 bridgehead atoms. The van der Waals surface area contributed by atoms with Crippen molar-refractivity contribution in [1.82, 2.24) is 9.78 Å². The third-order valence-corrected chi connectivity index (χ3v) is 4.66. The van der Waals surface area contributed by atoms with Gasteiger partial charge in [-0.1, -0.05) is 13.8 Å². The highest BCUT2D eigenvalue weighted by atomic mass is 19.4. The molecule has 146 valence electrons. The van der Waals surface area contributed by atoms with E-state index in [1.165, 1.54) is 23.1 Å². The topological polar surface area (TPSA) is 84.2 Å². The molecule has 1 heterocycles. The summed E-state index contributed by atoms with van der Waals surface area (Å²) < 4.78 is 40.5. The molecular weight excluding hydrogens is 363 g/mol. The maximum atomic E-state index is 13.1. The van der Waals surface area contributed by atoms with E-state index in [0.717, 1.165) is 12.1 Å². The molecule has 0 saturated heterocycles. The molecule has 2 N–H and O–H groups in total. The number of alkyl halides is 3. The van der Waals surface area contributed by atoms with Crippen molar-refractivity contribution in [2.75, 3.05) is 5.32 Å². The van der Waals surface area contributed by atoms with Gasteiger partial charge in [-0.2, -0.15) is 18.3 Å². The SMILES string of the molecule is CCC(CC)(CC(=O)Nc1cc(C(F)(F)F)ccc1-n1cccn1)C(=O)O. The van der Waals surface area contributed by atoms with Gasteiger partial charge in [0.2, 0.25) is 5.91 Å². The number of carbonyl (C=O) groups is 2. The number of hydrogen-bond acceptors (Lipinski definition) is 3. The van der Waals surface area contributed by atoms with E-state index in [-0.39, 0.29) is 30.6 Å². The Morgan fingerprint density at radius 3 is 2.37 bits per heavy atom. The Kier molecular flexibility index (Phi) is 5.92. The molecule has 1 amide bonds. The number of hydrogen-bond donors (Lipinski definition) is 2. The Morgan fingerprint density at radius 2 is 1.89 bits per heavy atom. The molecule has 2 aromatic rings. The van der Waals surface area contributed by atoms with Gasteiger partial charge in [-0.15, -0.1) is 0 Å². The minimum Gasteiger partial charge on any atom is -0.481 e. The number of carboxylic acids is 1. The zero-order valence-corrected chi connectivity index (χ0v) is 14.9. The van der Waals surface area contributed by atoms with Crippen molar-refractivity contribution >= 4 is 17.6 Å². The normalized spacial score (nSPS) is 12.0. The third-order valence-electron chi connectivity index (χ3n) is 4.66. The predicted octanol–water partition coefficient (Wildman–Crippen LogP) is 4.11. The van der Waals surface area contributed by atoms with Gasteiger partial charge in [-0.05, 0) is 37.1 Å². The molecule has 0 radical (unpaired) electrons. The Hall–Kier alpha value is -2.84. The number of aromatic nitrogens is 2. The number of nitrogens with zero attached hydrogens (tertiary/aromatic N) is 2. The van der Waals surface area contributed by atoms with E-state index in [0.29, 0.717) is 0 Å². The van der Waals surface area contributed by atoms with E-state index in [4.69, 9.17) is 0 Å². The van der Waals surface area contributed by atoms with Gasteiger partial charge in [0.1, 0.15) is 0 Å². The fourth-order valence-corrected chi connectivity index (χ4v) is 2.80. The Morgan fingerprint density at radius 1 is 1.22 bits per heavy atom. The van der Waals surface area contributed by atoms with E-state index < -0.39 is 29.0 Å². The second kappa shape index (κ2) is 7.81. The van der Waals surface area contributed by atoms with Crippen LogP contribution in [0.4, 0.5) is 18.9 Å². The van der Waals surface area contributed by atoms with Crippen molar-refractivity contribution in [2.24, 2.45) is 5.41 Å². The second-order valence-electron chi connectivity index (χ2n) is 6.20. The molecule has 27 heavy (non-hydrogen) atoms. The first kappa shape index (κ1) is 20.5. The third kappa shape index (κ3) is 4.47. The van der Waals surface area contributed by atoms with Crippen LogP contribution in [0.3, 0.4) is 0 Å². The number of rotatable bonds is 7. The fourth-order valence-electron chi connectivity index (χ4n) is 2.80. The first-order valence-electron chi connectivity index (χ1n) is 8.37. The highest BCUT2D eigenvalue weighted by Crippen LogP contribution is 2.35. The van der Waals surface area contributed by atoms with Gasteiger partial charge in [-0.25, -0.2) is 4.68 Å². The number of halogens is 3. The van der Waals surface area contributed by atoms with Crippen molar-refractivity contribution in [3.05, 3.63) is 42.2 Å². The van der Waals surface area contributed by atoms with Crippen LogP contribution in [0.25, 0.3) is 5.69 Å². The molecular formula is C18H20F3N3O3. The lowest BCUT2D eigenvalue weighted by Gasteiger charge is -2.26. The summed E-state index contributed by atoms with van der Waals surface area (Å²) in [6, 6.07) is 4.50. The molecule has 0 spiro atoms. The number of anilines is 1. The highest BCUT2D eigenvalue weighted by molar-refractivity contribution is 5.96. The van der Waals surface area contributed by atoms with Gasteiger partial charge in [0.15, 0.2) is 0 Å². The monoisotopic (exact) mass is 383 g/mol. The summed E-state index contributed by atoms with van der Waals surface area (Å²) in [5.74, 6) is -1.78. The Balaban J connectivity index is 2.38. The summed E-state index contributed by atoms with van der Waals surface area (Å²) in [4.78, 5) is 24.0. The standard InChI is InChI=1S/C18H20F3N3O3/c1-3-17(4-2,16(26)27)11-15(25)23-13-10-12(18(19,20)21)6-7-14(13)24-9-5-8-22-24/h5-10H,3-4,11H2,1-2H3,(H,23,25)(H,26,27). The lowest BCUT2D eigenvalue weighted by atomic mass is 9.79. The Labute approximate surface area is 154 Å². The number of amides is 1. The molecule has 1 aromatic carbocycles. The van der Waals surface area contributed by atoms with Gasteiger partial charge >= 0.3 is 12.1 Å². The molecule has 0 atom stereocenters.